The van der Waals surface area contributed by atoms with Gasteiger partial charge in [0.05, 0.1) is 12.2 Å². The van der Waals surface area contributed by atoms with Crippen LogP contribution in [0.2, 0.25) is 0 Å². The Labute approximate surface area is 105 Å². The first-order valence-electron chi connectivity index (χ1n) is 6.05. The van der Waals surface area contributed by atoms with Gasteiger partial charge in [-0.3, -0.25) is 0 Å². The van der Waals surface area contributed by atoms with E-state index in [9.17, 15) is 4.79 Å². The van der Waals surface area contributed by atoms with E-state index in [4.69, 9.17) is 0 Å². The predicted molar refractivity (Wildman–Crippen MR) is 67.4 cm³/mol. The van der Waals surface area contributed by atoms with Gasteiger partial charge >= 0.3 is 0 Å². The Kier molecular flexibility index (Phi) is 2.79. The van der Waals surface area contributed by atoms with Crippen molar-refractivity contribution in [1.82, 2.24) is 9.78 Å². The van der Waals surface area contributed by atoms with Crippen LogP contribution in [-0.2, 0) is 11.3 Å². The number of nitrogens with zero attached hydrogens (tertiary/aromatic N) is 3. The molecule has 4 heteroatoms. The minimum absolute atomic E-state index is 0.387. The molecule has 0 spiro atoms. The number of carbonyl (C=O) groups excluding carboxylic acids is 1. The third kappa shape index (κ3) is 2.11. The summed E-state index contributed by atoms with van der Waals surface area (Å²) in [6.07, 6.45) is 5.92. The van der Waals surface area contributed by atoms with Gasteiger partial charge in [0.2, 0.25) is 6.08 Å². The summed E-state index contributed by atoms with van der Waals surface area (Å²) in [5.74, 6) is 0.673. The molecule has 90 valence electrons. The number of rotatable bonds is 4. The molecule has 4 nitrogen and oxygen atoms in total. The first-order chi connectivity index (χ1) is 8.88. The van der Waals surface area contributed by atoms with E-state index >= 15 is 0 Å². The average Bonchev–Trinajstić information content (AvgIpc) is 3.15. The van der Waals surface area contributed by atoms with E-state index in [0.29, 0.717) is 12.5 Å². The van der Waals surface area contributed by atoms with Gasteiger partial charge in [-0.05, 0) is 36.6 Å². The first-order valence-corrected chi connectivity index (χ1v) is 6.05. The minimum atomic E-state index is 0.387. The highest BCUT2D eigenvalue weighted by Crippen LogP contribution is 2.40. The maximum atomic E-state index is 10.1. The van der Waals surface area contributed by atoms with Gasteiger partial charge in [0.1, 0.15) is 0 Å². The summed E-state index contributed by atoms with van der Waals surface area (Å²) in [6, 6.07) is 10.0. The second-order valence-corrected chi connectivity index (χ2v) is 4.52. The Hall–Kier alpha value is -2.19. The van der Waals surface area contributed by atoms with Crippen LogP contribution in [0.5, 0.6) is 0 Å². The molecule has 0 radical (unpaired) electrons. The van der Waals surface area contributed by atoms with Crippen molar-refractivity contribution in [1.29, 1.82) is 0 Å². The molecule has 2 aromatic rings. The van der Waals surface area contributed by atoms with Crippen molar-refractivity contribution in [3.63, 3.8) is 0 Å². The van der Waals surface area contributed by atoms with Crippen LogP contribution in [0.4, 0.5) is 0 Å². The van der Waals surface area contributed by atoms with Crippen molar-refractivity contribution in [3.8, 4) is 5.69 Å². The highest BCUT2D eigenvalue weighted by molar-refractivity contribution is 5.38. The fourth-order valence-corrected chi connectivity index (χ4v) is 2.08. The summed E-state index contributed by atoms with van der Waals surface area (Å²) >= 11 is 0. The zero-order valence-electron chi connectivity index (χ0n) is 9.91. The van der Waals surface area contributed by atoms with Crippen LogP contribution in [0.25, 0.3) is 5.69 Å². The maximum Gasteiger partial charge on any atom is 0.235 e. The molecule has 0 amide bonds. The van der Waals surface area contributed by atoms with Crippen LogP contribution in [-0.4, -0.2) is 15.9 Å². The lowest BCUT2D eigenvalue weighted by molar-refractivity contribution is 0.563. The fraction of sp³-hybridized carbons (Fsp3) is 0.286. The smallest absolute Gasteiger partial charge is 0.235 e. The molecule has 1 aliphatic rings. The molecular formula is C14H13N3O. The van der Waals surface area contributed by atoms with Gasteiger partial charge in [0, 0.05) is 17.8 Å². The molecule has 1 aromatic carbocycles. The van der Waals surface area contributed by atoms with E-state index in [-0.39, 0.29) is 0 Å². The molecule has 18 heavy (non-hydrogen) atoms. The number of hydrogen-bond donors (Lipinski definition) is 0. The zero-order valence-corrected chi connectivity index (χ0v) is 9.91. The van der Waals surface area contributed by atoms with Gasteiger partial charge in [0.25, 0.3) is 0 Å². The standard InChI is InChI=1S/C14H13N3O/c18-10-15-9-11-1-5-13(6-2-11)17-14(7-8-16-17)12-3-4-12/h1-2,5-8,12H,3-4,9H2. The van der Waals surface area contributed by atoms with E-state index in [1.54, 1.807) is 6.08 Å². The Bertz CT molecular complexity index is 590. The molecule has 1 fully saturated rings. The van der Waals surface area contributed by atoms with Gasteiger partial charge in [-0.2, -0.15) is 5.10 Å². The SMILES string of the molecule is O=C=NCc1ccc(-n2nccc2C2CC2)cc1. The van der Waals surface area contributed by atoms with Crippen molar-refractivity contribution in [2.45, 2.75) is 25.3 Å². The van der Waals surface area contributed by atoms with E-state index in [1.807, 2.05) is 35.1 Å². The molecule has 1 heterocycles. The molecule has 0 atom stereocenters. The van der Waals surface area contributed by atoms with E-state index in [1.165, 1.54) is 18.5 Å². The summed E-state index contributed by atoms with van der Waals surface area (Å²) in [4.78, 5) is 13.6. The number of benzene rings is 1. The zero-order chi connectivity index (χ0) is 12.4. The summed E-state index contributed by atoms with van der Waals surface area (Å²) < 4.78 is 1.99. The molecule has 1 aromatic heterocycles. The molecular weight excluding hydrogens is 226 g/mol. The lowest BCUT2D eigenvalue weighted by Crippen LogP contribution is -2.00. The summed E-state index contributed by atoms with van der Waals surface area (Å²) in [6.45, 7) is 0.387. The Balaban J connectivity index is 1.87. The van der Waals surface area contributed by atoms with Crippen molar-refractivity contribution in [3.05, 3.63) is 47.8 Å². The number of hydrogen-bond acceptors (Lipinski definition) is 3. The lowest BCUT2D eigenvalue weighted by Gasteiger charge is -2.07. The molecule has 0 N–H and O–H groups in total. The number of aliphatic imine (C=N–C) groups is 1. The van der Waals surface area contributed by atoms with Crippen LogP contribution >= 0.6 is 0 Å². The van der Waals surface area contributed by atoms with Crippen LogP contribution in [0.3, 0.4) is 0 Å². The fourth-order valence-electron chi connectivity index (χ4n) is 2.08. The second kappa shape index (κ2) is 4.59. The minimum Gasteiger partial charge on any atom is -0.238 e. The second-order valence-electron chi connectivity index (χ2n) is 4.52. The van der Waals surface area contributed by atoms with E-state index < -0.39 is 0 Å². The Morgan fingerprint density at radius 3 is 2.72 bits per heavy atom. The highest BCUT2D eigenvalue weighted by Gasteiger charge is 2.27. The van der Waals surface area contributed by atoms with Crippen molar-refractivity contribution in [2.75, 3.05) is 0 Å². The molecule has 1 saturated carbocycles. The summed E-state index contributed by atoms with van der Waals surface area (Å²) in [5.41, 5.74) is 3.34. The van der Waals surface area contributed by atoms with Gasteiger partial charge in [-0.25, -0.2) is 14.5 Å². The average molecular weight is 239 g/mol. The van der Waals surface area contributed by atoms with Crippen LogP contribution in [0.15, 0.2) is 41.5 Å². The number of isocyanates is 1. The quantitative estimate of drug-likeness (QED) is 0.608. The van der Waals surface area contributed by atoms with Gasteiger partial charge in [-0.1, -0.05) is 12.1 Å². The van der Waals surface area contributed by atoms with Crippen molar-refractivity contribution in [2.24, 2.45) is 4.99 Å². The van der Waals surface area contributed by atoms with E-state index in [0.717, 1.165) is 11.3 Å². The molecule has 0 unspecified atom stereocenters. The van der Waals surface area contributed by atoms with Gasteiger partial charge in [-0.15, -0.1) is 0 Å². The number of aromatic nitrogens is 2. The maximum absolute atomic E-state index is 10.1. The van der Waals surface area contributed by atoms with Crippen LogP contribution < -0.4 is 0 Å². The van der Waals surface area contributed by atoms with Crippen LogP contribution in [0, 0.1) is 0 Å². The third-order valence-electron chi connectivity index (χ3n) is 3.17. The normalized spacial score (nSPS) is 14.2. The largest absolute Gasteiger partial charge is 0.238 e. The summed E-state index contributed by atoms with van der Waals surface area (Å²) in [7, 11) is 0. The van der Waals surface area contributed by atoms with Crippen molar-refractivity contribution < 1.29 is 4.79 Å². The molecule has 3 rings (SSSR count). The lowest BCUT2D eigenvalue weighted by atomic mass is 10.2. The van der Waals surface area contributed by atoms with Crippen LogP contribution in [0.1, 0.15) is 30.0 Å². The third-order valence-corrected chi connectivity index (χ3v) is 3.17. The van der Waals surface area contributed by atoms with Gasteiger partial charge < -0.3 is 0 Å². The molecule has 0 bridgehead atoms. The summed E-state index contributed by atoms with van der Waals surface area (Å²) in [5, 5.41) is 4.37. The molecule has 0 aliphatic heterocycles. The Morgan fingerprint density at radius 1 is 1.28 bits per heavy atom. The molecule has 1 aliphatic carbocycles. The predicted octanol–water partition coefficient (Wildman–Crippen LogP) is 2.59. The monoisotopic (exact) mass is 239 g/mol. The van der Waals surface area contributed by atoms with E-state index in [2.05, 4.69) is 16.2 Å². The topological polar surface area (TPSA) is 47.2 Å². The van der Waals surface area contributed by atoms with Gasteiger partial charge in [0.15, 0.2) is 0 Å². The van der Waals surface area contributed by atoms with Crippen molar-refractivity contribution >= 4 is 6.08 Å². The highest BCUT2D eigenvalue weighted by atomic mass is 16.1. The Morgan fingerprint density at radius 2 is 2.06 bits per heavy atom. The molecule has 0 saturated heterocycles. The first kappa shape index (κ1) is 10.9.